The fraction of sp³-hybridized carbons (Fsp3) is 0.318. The smallest absolute Gasteiger partial charge is 0.226 e. The zero-order valence-corrected chi connectivity index (χ0v) is 16.5. The fourth-order valence-corrected chi connectivity index (χ4v) is 3.41. The molecule has 2 aromatic carbocycles. The van der Waals surface area contributed by atoms with Gasteiger partial charge in [0.05, 0.1) is 0 Å². The van der Waals surface area contributed by atoms with Crippen molar-refractivity contribution in [1.29, 1.82) is 0 Å². The van der Waals surface area contributed by atoms with Crippen LogP contribution in [0.4, 0.5) is 17.3 Å². The highest BCUT2D eigenvalue weighted by atomic mass is 15.2. The van der Waals surface area contributed by atoms with E-state index in [1.54, 1.807) is 6.33 Å². The second kappa shape index (κ2) is 9.95. The van der Waals surface area contributed by atoms with Crippen molar-refractivity contribution < 1.29 is 0 Å². The van der Waals surface area contributed by atoms with Gasteiger partial charge in [0.15, 0.2) is 5.82 Å². The summed E-state index contributed by atoms with van der Waals surface area (Å²) in [4.78, 5) is 15.8. The third-order valence-corrected chi connectivity index (χ3v) is 4.94. The third-order valence-electron chi connectivity index (χ3n) is 4.94. The highest BCUT2D eigenvalue weighted by molar-refractivity contribution is 5.77. The van der Waals surface area contributed by atoms with Gasteiger partial charge in [0.25, 0.3) is 0 Å². The van der Waals surface area contributed by atoms with Gasteiger partial charge in [-0.1, -0.05) is 30.3 Å². The van der Waals surface area contributed by atoms with Crippen LogP contribution >= 0.6 is 0 Å². The Morgan fingerprint density at radius 1 is 0.931 bits per heavy atom. The lowest BCUT2D eigenvalue weighted by atomic mass is 10.1. The van der Waals surface area contributed by atoms with E-state index in [4.69, 9.17) is 0 Å². The summed E-state index contributed by atoms with van der Waals surface area (Å²) < 4.78 is 0. The van der Waals surface area contributed by atoms with Crippen LogP contribution in [0.15, 0.2) is 60.9 Å². The molecule has 2 heterocycles. The van der Waals surface area contributed by atoms with Crippen molar-refractivity contribution in [2.24, 2.45) is 0 Å². The molecule has 1 fully saturated rings. The molecule has 4 rings (SSSR count). The van der Waals surface area contributed by atoms with Gasteiger partial charge in [-0.25, -0.2) is 9.97 Å². The van der Waals surface area contributed by atoms with Crippen LogP contribution in [0.25, 0.3) is 11.4 Å². The summed E-state index contributed by atoms with van der Waals surface area (Å²) in [5.74, 6) is 1.27. The summed E-state index contributed by atoms with van der Waals surface area (Å²) in [5.41, 5.74) is 2.94. The van der Waals surface area contributed by atoms with Crippen molar-refractivity contribution in [3.8, 4) is 11.4 Å². The second-order valence-corrected chi connectivity index (χ2v) is 7.04. The number of hydrogen-bond donors (Lipinski definition) is 3. The van der Waals surface area contributed by atoms with Crippen LogP contribution < -0.4 is 16.0 Å². The summed E-state index contributed by atoms with van der Waals surface area (Å²) in [7, 11) is 0. The molecule has 29 heavy (non-hydrogen) atoms. The van der Waals surface area contributed by atoms with Gasteiger partial charge < -0.3 is 20.9 Å². The molecular weight excluding hydrogens is 362 g/mol. The van der Waals surface area contributed by atoms with Gasteiger partial charge in [0.1, 0.15) is 6.33 Å². The zero-order chi connectivity index (χ0) is 19.7. The molecule has 150 valence electrons. The molecule has 7 heteroatoms. The third kappa shape index (κ3) is 5.49. The molecule has 0 unspecified atom stereocenters. The van der Waals surface area contributed by atoms with Crippen LogP contribution in [0.1, 0.15) is 6.42 Å². The lowest BCUT2D eigenvalue weighted by molar-refractivity contribution is 0.240. The van der Waals surface area contributed by atoms with Crippen molar-refractivity contribution in [1.82, 2.24) is 25.2 Å². The van der Waals surface area contributed by atoms with Gasteiger partial charge in [-0.2, -0.15) is 4.98 Å². The Kier molecular flexibility index (Phi) is 6.62. The van der Waals surface area contributed by atoms with Gasteiger partial charge >= 0.3 is 0 Å². The maximum atomic E-state index is 4.63. The summed E-state index contributed by atoms with van der Waals surface area (Å²) in [6, 6.07) is 18.2. The van der Waals surface area contributed by atoms with Crippen LogP contribution in [-0.2, 0) is 0 Å². The van der Waals surface area contributed by atoms with E-state index in [1.165, 1.54) is 0 Å². The Hall–Kier alpha value is -3.03. The number of rotatable bonds is 8. The molecule has 0 amide bonds. The summed E-state index contributed by atoms with van der Waals surface area (Å²) >= 11 is 0. The Morgan fingerprint density at radius 3 is 2.59 bits per heavy atom. The van der Waals surface area contributed by atoms with E-state index in [0.717, 1.165) is 62.6 Å². The number of para-hydroxylation sites is 2. The summed E-state index contributed by atoms with van der Waals surface area (Å²) in [6.07, 6.45) is 2.63. The predicted molar refractivity (Wildman–Crippen MR) is 117 cm³/mol. The standard InChI is InChI=1S/C22H27N7/c1-2-7-18(8-3-1)27-20-10-5-4-9-19(20)21-25-17-26-22(28-21)24-11-6-14-29-15-12-23-13-16-29/h1-5,7-10,17,23,27H,6,11-16H2,(H,24,25,26,28). The highest BCUT2D eigenvalue weighted by Gasteiger charge is 2.10. The van der Waals surface area contributed by atoms with Gasteiger partial charge in [0.2, 0.25) is 5.95 Å². The molecule has 1 aliphatic rings. The van der Waals surface area contributed by atoms with Crippen molar-refractivity contribution >= 4 is 17.3 Å². The number of aromatic nitrogens is 3. The van der Waals surface area contributed by atoms with E-state index in [-0.39, 0.29) is 0 Å². The average molecular weight is 390 g/mol. The Morgan fingerprint density at radius 2 is 1.72 bits per heavy atom. The van der Waals surface area contributed by atoms with Crippen LogP contribution in [0, 0.1) is 0 Å². The van der Waals surface area contributed by atoms with E-state index in [2.05, 4.69) is 35.8 Å². The van der Waals surface area contributed by atoms with E-state index in [0.29, 0.717) is 11.8 Å². The monoisotopic (exact) mass is 389 g/mol. The minimum atomic E-state index is 0.616. The number of hydrogen-bond acceptors (Lipinski definition) is 7. The molecule has 0 bridgehead atoms. The first kappa shape index (κ1) is 19.3. The topological polar surface area (TPSA) is 78.0 Å². The number of benzene rings is 2. The maximum absolute atomic E-state index is 4.63. The average Bonchev–Trinajstić information content (AvgIpc) is 2.79. The van der Waals surface area contributed by atoms with Crippen molar-refractivity contribution in [3.05, 3.63) is 60.9 Å². The minimum absolute atomic E-state index is 0.616. The molecule has 3 aromatic rings. The van der Waals surface area contributed by atoms with E-state index in [9.17, 15) is 0 Å². The first-order chi connectivity index (χ1) is 14.4. The van der Waals surface area contributed by atoms with Crippen LogP contribution in [0.3, 0.4) is 0 Å². The van der Waals surface area contributed by atoms with Crippen LogP contribution in [0.2, 0.25) is 0 Å². The molecule has 1 aliphatic heterocycles. The van der Waals surface area contributed by atoms with Crippen molar-refractivity contribution in [2.45, 2.75) is 6.42 Å². The van der Waals surface area contributed by atoms with Gasteiger partial charge in [0, 0.05) is 49.7 Å². The first-order valence-electron chi connectivity index (χ1n) is 10.2. The molecule has 0 atom stereocenters. The quantitative estimate of drug-likeness (QED) is 0.511. The largest absolute Gasteiger partial charge is 0.355 e. The Balaban J connectivity index is 1.39. The normalized spacial score (nSPS) is 14.5. The molecule has 1 saturated heterocycles. The highest BCUT2D eigenvalue weighted by Crippen LogP contribution is 2.27. The Labute approximate surface area is 171 Å². The zero-order valence-electron chi connectivity index (χ0n) is 16.5. The van der Waals surface area contributed by atoms with Gasteiger partial charge in [-0.15, -0.1) is 0 Å². The second-order valence-electron chi connectivity index (χ2n) is 7.04. The fourth-order valence-electron chi connectivity index (χ4n) is 3.41. The summed E-state index contributed by atoms with van der Waals surface area (Å²) in [6.45, 7) is 6.36. The number of piperazine rings is 1. The van der Waals surface area contributed by atoms with E-state index < -0.39 is 0 Å². The van der Waals surface area contributed by atoms with Crippen LogP contribution in [0.5, 0.6) is 0 Å². The molecule has 0 aliphatic carbocycles. The molecule has 3 N–H and O–H groups in total. The minimum Gasteiger partial charge on any atom is -0.355 e. The SMILES string of the molecule is c1ccc(Nc2ccccc2-c2ncnc(NCCCN3CCNCC3)n2)cc1. The molecular formula is C22H27N7. The maximum Gasteiger partial charge on any atom is 0.226 e. The lowest BCUT2D eigenvalue weighted by Crippen LogP contribution is -2.44. The van der Waals surface area contributed by atoms with Crippen molar-refractivity contribution in [3.63, 3.8) is 0 Å². The molecule has 1 aromatic heterocycles. The number of anilines is 3. The van der Waals surface area contributed by atoms with Gasteiger partial charge in [-0.05, 0) is 37.2 Å². The van der Waals surface area contributed by atoms with Crippen molar-refractivity contribution in [2.75, 3.05) is 49.9 Å². The van der Waals surface area contributed by atoms with E-state index >= 15 is 0 Å². The Bertz CT molecular complexity index is 894. The van der Waals surface area contributed by atoms with Gasteiger partial charge in [-0.3, -0.25) is 0 Å². The molecule has 0 radical (unpaired) electrons. The number of nitrogens with one attached hydrogen (secondary N) is 3. The number of nitrogens with zero attached hydrogens (tertiary/aromatic N) is 4. The van der Waals surface area contributed by atoms with E-state index in [1.807, 2.05) is 54.6 Å². The predicted octanol–water partition coefficient (Wildman–Crippen LogP) is 2.99. The molecule has 7 nitrogen and oxygen atoms in total. The summed E-state index contributed by atoms with van der Waals surface area (Å²) in [5, 5.41) is 10.2. The van der Waals surface area contributed by atoms with Crippen LogP contribution in [-0.4, -0.2) is 59.1 Å². The first-order valence-corrected chi connectivity index (χ1v) is 10.2. The molecule has 0 spiro atoms. The molecule has 0 saturated carbocycles. The lowest BCUT2D eigenvalue weighted by Gasteiger charge is -2.27.